The first kappa shape index (κ1) is 12.2. The zero-order valence-electron chi connectivity index (χ0n) is 10.3. The van der Waals surface area contributed by atoms with Crippen LogP contribution >= 0.6 is 22.7 Å². The number of nitrogens with zero attached hydrogens (tertiary/aromatic N) is 4. The Hall–Kier alpha value is -1.86. The molecule has 0 fully saturated rings. The molecule has 0 amide bonds. The average molecular weight is 290 g/mol. The molecule has 0 aliphatic rings. The van der Waals surface area contributed by atoms with E-state index >= 15 is 0 Å². The Balaban J connectivity index is 2.05. The van der Waals surface area contributed by atoms with Crippen LogP contribution in [0.25, 0.3) is 10.1 Å². The van der Waals surface area contributed by atoms with Crippen LogP contribution in [0.5, 0.6) is 5.75 Å². The molecular formula is C12H10N4OS2. The van der Waals surface area contributed by atoms with E-state index in [4.69, 9.17) is 0 Å². The molecule has 2 aromatic heterocycles. The zero-order valence-corrected chi connectivity index (χ0v) is 11.9. The summed E-state index contributed by atoms with van der Waals surface area (Å²) in [5.41, 5.74) is 0.735. The number of aromatic nitrogens is 2. The number of azo groups is 1. The lowest BCUT2D eigenvalue weighted by Crippen LogP contribution is -1.69. The first-order valence-electron chi connectivity index (χ1n) is 5.57. The second kappa shape index (κ2) is 4.67. The maximum Gasteiger partial charge on any atom is 0.251 e. The Labute approximate surface area is 117 Å². The van der Waals surface area contributed by atoms with Crippen LogP contribution in [0.4, 0.5) is 10.8 Å². The lowest BCUT2D eigenvalue weighted by Gasteiger charge is -1.97. The van der Waals surface area contributed by atoms with Gasteiger partial charge in [-0.2, -0.15) is 0 Å². The third-order valence-corrected chi connectivity index (χ3v) is 4.32. The summed E-state index contributed by atoms with van der Waals surface area (Å²) in [5, 5.41) is 28.1. The van der Waals surface area contributed by atoms with E-state index in [0.29, 0.717) is 5.13 Å². The molecule has 0 unspecified atom stereocenters. The van der Waals surface area contributed by atoms with Gasteiger partial charge in [-0.05, 0) is 32.0 Å². The minimum atomic E-state index is 0.269. The van der Waals surface area contributed by atoms with Crippen molar-refractivity contribution >= 4 is 43.6 Å². The second-order valence-electron chi connectivity index (χ2n) is 4.01. The Morgan fingerprint density at radius 1 is 1.11 bits per heavy atom. The molecule has 3 aromatic rings. The molecule has 96 valence electrons. The van der Waals surface area contributed by atoms with Gasteiger partial charge in [-0.15, -0.1) is 31.8 Å². The Morgan fingerprint density at radius 3 is 2.68 bits per heavy atom. The smallest absolute Gasteiger partial charge is 0.251 e. The normalized spacial score (nSPS) is 11.7. The largest absolute Gasteiger partial charge is 0.507 e. The zero-order chi connectivity index (χ0) is 13.4. The highest BCUT2D eigenvalue weighted by Gasteiger charge is 2.08. The lowest BCUT2D eigenvalue weighted by molar-refractivity contribution is 0.482. The molecule has 2 heterocycles. The van der Waals surface area contributed by atoms with E-state index in [9.17, 15) is 5.11 Å². The summed E-state index contributed by atoms with van der Waals surface area (Å²) in [5.74, 6) is 0.269. The van der Waals surface area contributed by atoms with Gasteiger partial charge >= 0.3 is 0 Å². The summed E-state index contributed by atoms with van der Waals surface area (Å²) in [4.78, 5) is 1.12. The number of hydrogen-bond donors (Lipinski definition) is 1. The molecule has 0 atom stereocenters. The molecule has 7 heteroatoms. The van der Waals surface area contributed by atoms with E-state index in [0.717, 1.165) is 25.7 Å². The standard InChI is InChI=1S/C12H10N4OS2/c1-6-5-8-10(17)4-3-9(11(8)18-6)14-16-12-15-13-7(2)19-12/h3-5,17H,1-2H3. The maximum atomic E-state index is 9.81. The summed E-state index contributed by atoms with van der Waals surface area (Å²) in [6.07, 6.45) is 0. The van der Waals surface area contributed by atoms with Crippen LogP contribution in [0.15, 0.2) is 28.4 Å². The number of aromatic hydroxyl groups is 1. The van der Waals surface area contributed by atoms with Gasteiger partial charge in [0.05, 0.1) is 4.70 Å². The van der Waals surface area contributed by atoms with Gasteiger partial charge in [0, 0.05) is 10.3 Å². The van der Waals surface area contributed by atoms with Crippen molar-refractivity contribution < 1.29 is 5.11 Å². The molecule has 1 aromatic carbocycles. The van der Waals surface area contributed by atoms with Crippen molar-refractivity contribution in [3.8, 4) is 5.75 Å². The minimum absolute atomic E-state index is 0.269. The van der Waals surface area contributed by atoms with Crippen molar-refractivity contribution in [2.24, 2.45) is 10.2 Å². The number of phenolic OH excluding ortho intramolecular Hbond substituents is 1. The molecule has 0 spiro atoms. The summed E-state index contributed by atoms with van der Waals surface area (Å²) in [6.45, 7) is 3.87. The van der Waals surface area contributed by atoms with Gasteiger partial charge in [-0.25, -0.2) is 0 Å². The predicted octanol–water partition coefficient (Wildman–Crippen LogP) is 4.49. The fourth-order valence-corrected chi connectivity index (χ4v) is 3.21. The van der Waals surface area contributed by atoms with Crippen LogP contribution in [0.3, 0.4) is 0 Å². The molecule has 0 aliphatic heterocycles. The quantitative estimate of drug-likeness (QED) is 0.707. The van der Waals surface area contributed by atoms with E-state index in [1.165, 1.54) is 11.3 Å². The third-order valence-electron chi connectivity index (χ3n) is 2.52. The monoisotopic (exact) mass is 290 g/mol. The maximum absolute atomic E-state index is 9.81. The predicted molar refractivity (Wildman–Crippen MR) is 77.0 cm³/mol. The number of fused-ring (bicyclic) bond motifs is 1. The molecule has 3 rings (SSSR count). The summed E-state index contributed by atoms with van der Waals surface area (Å²) in [7, 11) is 0. The van der Waals surface area contributed by atoms with E-state index in [-0.39, 0.29) is 5.75 Å². The Kier molecular flexibility index (Phi) is 3.00. The van der Waals surface area contributed by atoms with E-state index in [1.54, 1.807) is 23.5 Å². The van der Waals surface area contributed by atoms with Crippen LogP contribution in [-0.4, -0.2) is 15.3 Å². The Morgan fingerprint density at radius 2 is 1.95 bits per heavy atom. The van der Waals surface area contributed by atoms with Crippen molar-refractivity contribution in [2.45, 2.75) is 13.8 Å². The average Bonchev–Trinajstić information content (AvgIpc) is 2.95. The first-order chi connectivity index (χ1) is 9.13. The molecule has 1 N–H and O–H groups in total. The SMILES string of the molecule is Cc1cc2c(O)ccc(N=Nc3nnc(C)s3)c2s1. The topological polar surface area (TPSA) is 70.7 Å². The van der Waals surface area contributed by atoms with Crippen molar-refractivity contribution in [1.29, 1.82) is 0 Å². The van der Waals surface area contributed by atoms with Crippen molar-refractivity contribution in [3.63, 3.8) is 0 Å². The van der Waals surface area contributed by atoms with Crippen LogP contribution in [0.1, 0.15) is 9.88 Å². The van der Waals surface area contributed by atoms with Gasteiger partial charge in [-0.3, -0.25) is 0 Å². The van der Waals surface area contributed by atoms with Gasteiger partial charge < -0.3 is 5.11 Å². The van der Waals surface area contributed by atoms with Crippen molar-refractivity contribution in [1.82, 2.24) is 10.2 Å². The van der Waals surface area contributed by atoms with Crippen LogP contribution in [0.2, 0.25) is 0 Å². The number of rotatable bonds is 2. The van der Waals surface area contributed by atoms with E-state index < -0.39 is 0 Å². The summed E-state index contributed by atoms with van der Waals surface area (Å²) < 4.78 is 0.933. The number of thiophene rings is 1. The van der Waals surface area contributed by atoms with Gasteiger partial charge in [0.25, 0.3) is 5.13 Å². The van der Waals surface area contributed by atoms with E-state index in [2.05, 4.69) is 20.4 Å². The van der Waals surface area contributed by atoms with Gasteiger partial charge in [0.1, 0.15) is 16.4 Å². The van der Waals surface area contributed by atoms with Crippen molar-refractivity contribution in [2.75, 3.05) is 0 Å². The highest BCUT2D eigenvalue weighted by Crippen LogP contribution is 2.39. The second-order valence-corrected chi connectivity index (χ2v) is 6.42. The van der Waals surface area contributed by atoms with Crippen LogP contribution < -0.4 is 0 Å². The molecule has 0 bridgehead atoms. The van der Waals surface area contributed by atoms with Gasteiger partial charge in [0.15, 0.2) is 0 Å². The molecule has 0 aliphatic carbocycles. The summed E-state index contributed by atoms with van der Waals surface area (Å²) >= 11 is 2.98. The fraction of sp³-hybridized carbons (Fsp3) is 0.167. The molecule has 0 saturated carbocycles. The third kappa shape index (κ3) is 2.34. The highest BCUT2D eigenvalue weighted by molar-refractivity contribution is 7.19. The molecule has 19 heavy (non-hydrogen) atoms. The Bertz CT molecular complexity index is 775. The minimum Gasteiger partial charge on any atom is -0.507 e. The number of hydrogen-bond acceptors (Lipinski definition) is 7. The number of phenols is 1. The summed E-state index contributed by atoms with van der Waals surface area (Å²) in [6, 6.07) is 5.34. The van der Waals surface area contributed by atoms with Crippen LogP contribution in [0, 0.1) is 13.8 Å². The lowest BCUT2D eigenvalue weighted by atomic mass is 10.2. The van der Waals surface area contributed by atoms with Gasteiger partial charge in [0.2, 0.25) is 0 Å². The number of benzene rings is 1. The number of aryl methyl sites for hydroxylation is 2. The van der Waals surface area contributed by atoms with Crippen LogP contribution in [-0.2, 0) is 0 Å². The van der Waals surface area contributed by atoms with Crippen molar-refractivity contribution in [3.05, 3.63) is 28.1 Å². The molecule has 0 radical (unpaired) electrons. The van der Waals surface area contributed by atoms with Gasteiger partial charge in [-0.1, -0.05) is 11.3 Å². The molecular weight excluding hydrogens is 280 g/mol. The van der Waals surface area contributed by atoms with E-state index in [1.807, 2.05) is 19.9 Å². The highest BCUT2D eigenvalue weighted by atomic mass is 32.1. The first-order valence-corrected chi connectivity index (χ1v) is 7.21. The fourth-order valence-electron chi connectivity index (χ4n) is 1.72. The molecule has 5 nitrogen and oxygen atoms in total. The molecule has 0 saturated heterocycles.